The molecular weight excluding hydrogens is 308 g/mol. The van der Waals surface area contributed by atoms with E-state index in [1.807, 2.05) is 41.0 Å². The Morgan fingerprint density at radius 2 is 1.81 bits per heavy atom. The summed E-state index contributed by atoms with van der Waals surface area (Å²) in [5.41, 5.74) is 2.10. The number of alkyl halides is 1. The van der Waals surface area contributed by atoms with Crippen molar-refractivity contribution in [2.75, 3.05) is 6.26 Å². The Kier molecular flexibility index (Phi) is 3.47. The second-order valence-electron chi connectivity index (χ2n) is 4.73. The summed E-state index contributed by atoms with van der Waals surface area (Å²) in [4.78, 5) is 4.65. The fraction of sp³-hybridized carbons (Fsp3) is 0.133. The molecule has 0 fully saturated rings. The summed E-state index contributed by atoms with van der Waals surface area (Å²) in [7, 11) is -3.34. The van der Waals surface area contributed by atoms with Crippen molar-refractivity contribution in [3.05, 3.63) is 54.4 Å². The van der Waals surface area contributed by atoms with Gasteiger partial charge < -0.3 is 0 Å². The third-order valence-electron chi connectivity index (χ3n) is 3.25. The zero-order valence-electron chi connectivity index (χ0n) is 11.3. The molecule has 0 radical (unpaired) electrons. The van der Waals surface area contributed by atoms with Crippen molar-refractivity contribution in [2.45, 2.75) is 10.8 Å². The molecule has 0 aliphatic rings. The maximum Gasteiger partial charge on any atom is 0.177 e. The zero-order chi connectivity index (χ0) is 15.0. The average Bonchev–Trinajstić information content (AvgIpc) is 2.85. The van der Waals surface area contributed by atoms with Gasteiger partial charge in [-0.15, -0.1) is 11.6 Å². The minimum absolute atomic E-state index is 0.201. The first kappa shape index (κ1) is 14.1. The summed E-state index contributed by atoms with van der Waals surface area (Å²) in [6, 6.07) is 14.8. The number of hydrogen-bond acceptors (Lipinski definition) is 3. The predicted octanol–water partition coefficient (Wildman–Crippen LogP) is 3.17. The second kappa shape index (κ2) is 5.16. The van der Waals surface area contributed by atoms with E-state index in [0.717, 1.165) is 11.2 Å². The molecule has 4 nitrogen and oxygen atoms in total. The molecule has 0 bridgehead atoms. The van der Waals surface area contributed by atoms with E-state index in [4.69, 9.17) is 11.6 Å². The molecule has 6 heteroatoms. The number of imidazole rings is 1. The van der Waals surface area contributed by atoms with Crippen molar-refractivity contribution >= 4 is 32.5 Å². The van der Waals surface area contributed by atoms with E-state index >= 15 is 0 Å². The van der Waals surface area contributed by atoms with E-state index in [0.29, 0.717) is 11.3 Å². The number of fused-ring (bicyclic) bond motifs is 1. The summed E-state index contributed by atoms with van der Waals surface area (Å²) in [6.45, 7) is 0. The molecule has 3 rings (SSSR count). The molecule has 108 valence electrons. The second-order valence-corrected chi connectivity index (χ2v) is 6.98. The van der Waals surface area contributed by atoms with Gasteiger partial charge in [-0.05, 0) is 24.3 Å². The Balaban J connectivity index is 2.41. The van der Waals surface area contributed by atoms with Gasteiger partial charge in [-0.2, -0.15) is 0 Å². The number of aromatic nitrogens is 2. The average molecular weight is 321 g/mol. The quantitative estimate of drug-likeness (QED) is 0.696. The summed E-state index contributed by atoms with van der Waals surface area (Å²) in [5, 5.41) is 0. The van der Waals surface area contributed by atoms with Crippen molar-refractivity contribution in [2.24, 2.45) is 0 Å². The molecule has 3 aromatic rings. The van der Waals surface area contributed by atoms with Crippen LogP contribution in [-0.4, -0.2) is 24.2 Å². The number of benzene rings is 2. The highest BCUT2D eigenvalue weighted by atomic mass is 35.5. The van der Waals surface area contributed by atoms with Crippen molar-refractivity contribution in [1.82, 2.24) is 9.55 Å². The lowest BCUT2D eigenvalue weighted by Crippen LogP contribution is -1.99. The Labute approximate surface area is 127 Å². The number of halogens is 1. The van der Waals surface area contributed by atoms with E-state index in [1.165, 1.54) is 6.26 Å². The van der Waals surface area contributed by atoms with Crippen LogP contribution in [0.3, 0.4) is 0 Å². The smallest absolute Gasteiger partial charge is 0.177 e. The minimum Gasteiger partial charge on any atom is -0.295 e. The standard InChI is InChI=1S/C15H13ClN2O2S/c1-21(19,20)13-9-5-8-12-15(13)17-14(10-16)18(12)11-6-3-2-4-7-11/h2-9H,10H2,1H3. The molecule has 0 spiro atoms. The van der Waals surface area contributed by atoms with E-state index in [1.54, 1.807) is 12.1 Å². The third-order valence-corrected chi connectivity index (χ3v) is 4.62. The number of rotatable bonds is 3. The molecule has 21 heavy (non-hydrogen) atoms. The fourth-order valence-electron chi connectivity index (χ4n) is 2.38. The van der Waals surface area contributed by atoms with Crippen LogP contribution in [0.5, 0.6) is 0 Å². The van der Waals surface area contributed by atoms with Crippen LogP contribution >= 0.6 is 11.6 Å². The van der Waals surface area contributed by atoms with E-state index < -0.39 is 9.84 Å². The van der Waals surface area contributed by atoms with Crippen LogP contribution in [0.25, 0.3) is 16.7 Å². The van der Waals surface area contributed by atoms with Gasteiger partial charge in [0.25, 0.3) is 0 Å². The van der Waals surface area contributed by atoms with Crippen LogP contribution in [0.4, 0.5) is 0 Å². The van der Waals surface area contributed by atoms with Crippen LogP contribution in [0.1, 0.15) is 5.82 Å². The third kappa shape index (κ3) is 2.43. The van der Waals surface area contributed by atoms with Crippen molar-refractivity contribution in [3.8, 4) is 5.69 Å². The first-order chi connectivity index (χ1) is 10.0. The highest BCUT2D eigenvalue weighted by Crippen LogP contribution is 2.27. The van der Waals surface area contributed by atoms with E-state index in [9.17, 15) is 8.42 Å². The van der Waals surface area contributed by atoms with Crippen LogP contribution in [0, 0.1) is 0 Å². The van der Waals surface area contributed by atoms with Gasteiger partial charge in [-0.3, -0.25) is 4.57 Å². The van der Waals surface area contributed by atoms with Crippen LogP contribution < -0.4 is 0 Å². The van der Waals surface area contributed by atoms with Crippen molar-refractivity contribution < 1.29 is 8.42 Å². The van der Waals surface area contributed by atoms with E-state index in [-0.39, 0.29) is 10.8 Å². The summed E-state index contributed by atoms with van der Waals surface area (Å²) < 4.78 is 25.7. The Morgan fingerprint density at radius 1 is 1.10 bits per heavy atom. The molecule has 0 saturated carbocycles. The Morgan fingerprint density at radius 3 is 2.43 bits per heavy atom. The predicted molar refractivity (Wildman–Crippen MR) is 83.7 cm³/mol. The lowest BCUT2D eigenvalue weighted by Gasteiger charge is -2.07. The molecule has 1 heterocycles. The van der Waals surface area contributed by atoms with Gasteiger partial charge >= 0.3 is 0 Å². The number of hydrogen-bond donors (Lipinski definition) is 0. The van der Waals surface area contributed by atoms with Gasteiger partial charge in [0, 0.05) is 11.9 Å². The van der Waals surface area contributed by atoms with Gasteiger partial charge in [0.2, 0.25) is 0 Å². The van der Waals surface area contributed by atoms with Crippen molar-refractivity contribution in [1.29, 1.82) is 0 Å². The molecule has 2 aromatic carbocycles. The maximum absolute atomic E-state index is 11.9. The summed E-state index contributed by atoms with van der Waals surface area (Å²) in [5.74, 6) is 0.821. The van der Waals surface area contributed by atoms with Crippen LogP contribution in [0.2, 0.25) is 0 Å². The molecule has 1 aromatic heterocycles. The Bertz CT molecular complexity index is 902. The Hall–Kier alpha value is -1.85. The van der Waals surface area contributed by atoms with Crippen LogP contribution in [-0.2, 0) is 15.7 Å². The SMILES string of the molecule is CS(=O)(=O)c1cccc2c1nc(CCl)n2-c1ccccc1. The fourth-order valence-corrected chi connectivity index (χ4v) is 3.38. The van der Waals surface area contributed by atoms with E-state index in [2.05, 4.69) is 4.98 Å². The number of sulfone groups is 1. The number of nitrogens with zero attached hydrogens (tertiary/aromatic N) is 2. The molecule has 0 saturated heterocycles. The number of para-hydroxylation sites is 2. The van der Waals surface area contributed by atoms with Crippen LogP contribution in [0.15, 0.2) is 53.4 Å². The molecule has 0 aliphatic heterocycles. The van der Waals surface area contributed by atoms with Gasteiger partial charge in [-0.25, -0.2) is 13.4 Å². The van der Waals surface area contributed by atoms with Gasteiger partial charge in [0.05, 0.1) is 16.3 Å². The molecule has 0 amide bonds. The first-order valence-electron chi connectivity index (χ1n) is 6.34. The normalized spacial score (nSPS) is 11.9. The largest absolute Gasteiger partial charge is 0.295 e. The highest BCUT2D eigenvalue weighted by molar-refractivity contribution is 7.91. The van der Waals surface area contributed by atoms with Gasteiger partial charge in [-0.1, -0.05) is 24.3 Å². The zero-order valence-corrected chi connectivity index (χ0v) is 12.9. The lowest BCUT2D eigenvalue weighted by molar-refractivity contribution is 0.602. The lowest BCUT2D eigenvalue weighted by atomic mass is 10.3. The van der Waals surface area contributed by atoms with Gasteiger partial charge in [0.15, 0.2) is 9.84 Å². The highest BCUT2D eigenvalue weighted by Gasteiger charge is 2.18. The molecule has 0 unspecified atom stereocenters. The topological polar surface area (TPSA) is 52.0 Å². The summed E-state index contributed by atoms with van der Waals surface area (Å²) >= 11 is 5.99. The monoisotopic (exact) mass is 320 g/mol. The molecule has 0 aliphatic carbocycles. The molecule has 0 atom stereocenters. The first-order valence-corrected chi connectivity index (χ1v) is 8.77. The van der Waals surface area contributed by atoms with Crippen molar-refractivity contribution in [3.63, 3.8) is 0 Å². The van der Waals surface area contributed by atoms with Gasteiger partial charge in [0.1, 0.15) is 11.3 Å². The molecule has 0 N–H and O–H groups in total. The minimum atomic E-state index is -3.34. The summed E-state index contributed by atoms with van der Waals surface area (Å²) in [6.07, 6.45) is 1.18. The maximum atomic E-state index is 11.9. The molecular formula is C15H13ClN2O2S.